The Kier molecular flexibility index (Phi) is 3.40. The molecular formula is C14H20N4O. The summed E-state index contributed by atoms with van der Waals surface area (Å²) in [6.07, 6.45) is 3.72. The van der Waals surface area contributed by atoms with Crippen molar-refractivity contribution in [3.63, 3.8) is 0 Å². The third-order valence-electron chi connectivity index (χ3n) is 3.65. The lowest BCUT2D eigenvalue weighted by Gasteiger charge is -2.31. The van der Waals surface area contributed by atoms with Gasteiger partial charge in [-0.05, 0) is 32.0 Å². The molecule has 0 amide bonds. The maximum atomic E-state index is 9.84. The number of β-amino-alcohol motifs (C(OH)–C–C–N with tert-alkyl or cyclic N) is 1. The molecule has 1 aliphatic heterocycles. The average molecular weight is 260 g/mol. The van der Waals surface area contributed by atoms with Gasteiger partial charge in [-0.25, -0.2) is 4.98 Å². The smallest absolute Gasteiger partial charge is 0.152 e. The van der Waals surface area contributed by atoms with Crippen molar-refractivity contribution in [2.24, 2.45) is 0 Å². The SMILES string of the molecule is CNCc1c(N2CCCC(O)C2)nc2ccccn12. The van der Waals surface area contributed by atoms with Crippen molar-refractivity contribution in [1.29, 1.82) is 0 Å². The summed E-state index contributed by atoms with van der Waals surface area (Å²) in [4.78, 5) is 6.93. The van der Waals surface area contributed by atoms with E-state index < -0.39 is 0 Å². The minimum absolute atomic E-state index is 0.235. The molecule has 1 unspecified atom stereocenters. The fourth-order valence-electron chi connectivity index (χ4n) is 2.77. The lowest BCUT2D eigenvalue weighted by molar-refractivity contribution is 0.154. The Morgan fingerprint density at radius 2 is 2.37 bits per heavy atom. The fourth-order valence-corrected chi connectivity index (χ4v) is 2.77. The second-order valence-electron chi connectivity index (χ2n) is 5.08. The number of rotatable bonds is 3. The number of fused-ring (bicyclic) bond motifs is 1. The molecule has 0 aromatic carbocycles. The van der Waals surface area contributed by atoms with E-state index in [0.29, 0.717) is 6.54 Å². The lowest BCUT2D eigenvalue weighted by Crippen LogP contribution is -2.39. The van der Waals surface area contributed by atoms with Crippen LogP contribution >= 0.6 is 0 Å². The number of hydrogen-bond acceptors (Lipinski definition) is 4. The molecule has 0 spiro atoms. The third kappa shape index (κ3) is 2.31. The molecule has 3 rings (SSSR count). The molecule has 3 heterocycles. The standard InChI is InChI=1S/C14H20N4O/c1-15-9-12-14(17-7-4-5-11(19)10-17)16-13-6-2-3-8-18(12)13/h2-3,6,8,11,15,19H,4-5,7,9-10H2,1H3. The van der Waals surface area contributed by atoms with Crippen LogP contribution in [0.15, 0.2) is 24.4 Å². The summed E-state index contributed by atoms with van der Waals surface area (Å²) in [6, 6.07) is 6.03. The fraction of sp³-hybridized carbons (Fsp3) is 0.500. The number of nitrogens with one attached hydrogen (secondary N) is 1. The van der Waals surface area contributed by atoms with Crippen LogP contribution in [0.4, 0.5) is 5.82 Å². The second-order valence-corrected chi connectivity index (χ2v) is 5.08. The maximum absolute atomic E-state index is 9.84. The molecule has 2 aromatic heterocycles. The molecule has 5 nitrogen and oxygen atoms in total. The molecule has 102 valence electrons. The monoisotopic (exact) mass is 260 g/mol. The summed E-state index contributed by atoms with van der Waals surface area (Å²) >= 11 is 0. The van der Waals surface area contributed by atoms with Crippen molar-refractivity contribution in [3.8, 4) is 0 Å². The first-order chi connectivity index (χ1) is 9.29. The third-order valence-corrected chi connectivity index (χ3v) is 3.65. The first-order valence-electron chi connectivity index (χ1n) is 6.83. The predicted octanol–water partition coefficient (Wildman–Crippen LogP) is 1.01. The highest BCUT2D eigenvalue weighted by Gasteiger charge is 2.23. The van der Waals surface area contributed by atoms with Gasteiger partial charge in [0.25, 0.3) is 0 Å². The number of nitrogens with zero attached hydrogens (tertiary/aromatic N) is 3. The molecule has 1 saturated heterocycles. The van der Waals surface area contributed by atoms with Crippen molar-refractivity contribution >= 4 is 11.5 Å². The van der Waals surface area contributed by atoms with E-state index in [1.807, 2.05) is 31.4 Å². The van der Waals surface area contributed by atoms with Gasteiger partial charge in [0.05, 0.1) is 11.8 Å². The van der Waals surface area contributed by atoms with Gasteiger partial charge in [-0.2, -0.15) is 0 Å². The van der Waals surface area contributed by atoms with Crippen LogP contribution in [0, 0.1) is 0 Å². The molecule has 2 aromatic rings. The average Bonchev–Trinajstić information content (AvgIpc) is 2.79. The Balaban J connectivity index is 2.03. The summed E-state index contributed by atoms with van der Waals surface area (Å²) in [5.41, 5.74) is 2.12. The highest BCUT2D eigenvalue weighted by atomic mass is 16.3. The summed E-state index contributed by atoms with van der Waals surface area (Å²) in [5.74, 6) is 0.999. The number of aromatic nitrogens is 2. The van der Waals surface area contributed by atoms with Crippen LogP contribution in [0.3, 0.4) is 0 Å². The van der Waals surface area contributed by atoms with Gasteiger partial charge in [-0.3, -0.25) is 0 Å². The number of anilines is 1. The molecule has 0 bridgehead atoms. The van der Waals surface area contributed by atoms with E-state index in [1.54, 1.807) is 0 Å². The normalized spacial score (nSPS) is 20.1. The van der Waals surface area contributed by atoms with E-state index in [9.17, 15) is 5.11 Å². The molecule has 5 heteroatoms. The quantitative estimate of drug-likeness (QED) is 0.865. The van der Waals surface area contributed by atoms with Crippen LogP contribution in [0.1, 0.15) is 18.5 Å². The van der Waals surface area contributed by atoms with Crippen LogP contribution in [-0.2, 0) is 6.54 Å². The number of aliphatic hydroxyl groups excluding tert-OH is 1. The Hall–Kier alpha value is -1.59. The van der Waals surface area contributed by atoms with Gasteiger partial charge in [-0.1, -0.05) is 6.07 Å². The van der Waals surface area contributed by atoms with Crippen molar-refractivity contribution in [2.45, 2.75) is 25.5 Å². The zero-order valence-corrected chi connectivity index (χ0v) is 11.2. The summed E-state index contributed by atoms with van der Waals surface area (Å²) in [7, 11) is 1.94. The van der Waals surface area contributed by atoms with E-state index in [0.717, 1.165) is 43.1 Å². The van der Waals surface area contributed by atoms with E-state index in [4.69, 9.17) is 4.98 Å². The lowest BCUT2D eigenvalue weighted by atomic mass is 10.1. The van der Waals surface area contributed by atoms with E-state index in [2.05, 4.69) is 14.6 Å². The maximum Gasteiger partial charge on any atom is 0.152 e. The van der Waals surface area contributed by atoms with Crippen LogP contribution in [-0.4, -0.2) is 40.7 Å². The van der Waals surface area contributed by atoms with E-state index >= 15 is 0 Å². The Morgan fingerprint density at radius 1 is 1.47 bits per heavy atom. The molecule has 2 N–H and O–H groups in total. The topological polar surface area (TPSA) is 52.8 Å². The summed E-state index contributed by atoms with van der Waals surface area (Å²) in [6.45, 7) is 2.42. The van der Waals surface area contributed by atoms with E-state index in [1.165, 1.54) is 0 Å². The van der Waals surface area contributed by atoms with Crippen molar-refractivity contribution in [3.05, 3.63) is 30.1 Å². The van der Waals surface area contributed by atoms with Gasteiger partial charge in [0, 0.05) is 25.8 Å². The number of piperidine rings is 1. The highest BCUT2D eigenvalue weighted by Crippen LogP contribution is 2.24. The minimum Gasteiger partial charge on any atom is -0.391 e. The van der Waals surface area contributed by atoms with Gasteiger partial charge in [0.2, 0.25) is 0 Å². The first-order valence-corrected chi connectivity index (χ1v) is 6.83. The second kappa shape index (κ2) is 5.19. The molecule has 0 radical (unpaired) electrons. The number of aliphatic hydroxyl groups is 1. The summed E-state index contributed by atoms with van der Waals surface area (Å²) < 4.78 is 2.12. The molecule has 19 heavy (non-hydrogen) atoms. The molecule has 0 saturated carbocycles. The molecule has 1 fully saturated rings. The van der Waals surface area contributed by atoms with Gasteiger partial charge in [0.1, 0.15) is 5.65 Å². The number of imidazole rings is 1. The van der Waals surface area contributed by atoms with Crippen molar-refractivity contribution < 1.29 is 5.11 Å². The van der Waals surface area contributed by atoms with E-state index in [-0.39, 0.29) is 6.10 Å². The zero-order chi connectivity index (χ0) is 13.2. The van der Waals surface area contributed by atoms with Gasteiger partial charge in [0.15, 0.2) is 5.82 Å². The largest absolute Gasteiger partial charge is 0.391 e. The predicted molar refractivity (Wildman–Crippen MR) is 75.4 cm³/mol. The van der Waals surface area contributed by atoms with Crippen molar-refractivity contribution in [1.82, 2.24) is 14.7 Å². The number of hydrogen-bond donors (Lipinski definition) is 2. The Labute approximate surface area is 112 Å². The zero-order valence-electron chi connectivity index (χ0n) is 11.2. The van der Waals surface area contributed by atoms with Gasteiger partial charge < -0.3 is 19.7 Å². The Bertz CT molecular complexity index is 566. The van der Waals surface area contributed by atoms with Crippen LogP contribution in [0.25, 0.3) is 5.65 Å². The highest BCUT2D eigenvalue weighted by molar-refractivity contribution is 5.56. The first kappa shape index (κ1) is 12.4. The van der Waals surface area contributed by atoms with Gasteiger partial charge >= 0.3 is 0 Å². The van der Waals surface area contributed by atoms with Crippen LogP contribution in [0.2, 0.25) is 0 Å². The van der Waals surface area contributed by atoms with Gasteiger partial charge in [-0.15, -0.1) is 0 Å². The number of pyridine rings is 1. The van der Waals surface area contributed by atoms with Crippen LogP contribution < -0.4 is 10.2 Å². The summed E-state index contributed by atoms with van der Waals surface area (Å²) in [5, 5.41) is 13.0. The molecule has 1 atom stereocenters. The molecule has 0 aliphatic carbocycles. The minimum atomic E-state index is -0.235. The Morgan fingerprint density at radius 3 is 3.16 bits per heavy atom. The van der Waals surface area contributed by atoms with Crippen LogP contribution in [0.5, 0.6) is 0 Å². The van der Waals surface area contributed by atoms with Crippen molar-refractivity contribution in [2.75, 3.05) is 25.0 Å². The molecule has 1 aliphatic rings. The molecular weight excluding hydrogens is 240 g/mol.